The number of rotatable bonds is 8. The average Bonchev–Trinajstić information content (AvgIpc) is 3.52. The number of carbonyl (C=O) groups is 2. The molecule has 0 saturated carbocycles. The molecule has 0 unspecified atom stereocenters. The molecule has 0 aliphatic carbocycles. The third kappa shape index (κ3) is 5.16. The molecular formula is C28H31N7O2. The Kier molecular flexibility index (Phi) is 7.11. The van der Waals surface area contributed by atoms with Gasteiger partial charge >= 0.3 is 0 Å². The van der Waals surface area contributed by atoms with Crippen molar-refractivity contribution in [2.24, 2.45) is 7.05 Å². The van der Waals surface area contributed by atoms with Crippen LogP contribution in [0.5, 0.6) is 0 Å². The number of hydrogen-bond acceptors (Lipinski definition) is 5. The third-order valence-electron chi connectivity index (χ3n) is 6.86. The number of amides is 2. The topological polar surface area (TPSA) is 89.2 Å². The smallest absolute Gasteiger partial charge is 0.227 e. The molecule has 0 N–H and O–H groups in total. The molecule has 2 aromatic carbocycles. The first-order chi connectivity index (χ1) is 18.0. The Hall–Kier alpha value is -4.27. The van der Waals surface area contributed by atoms with Gasteiger partial charge in [-0.3, -0.25) is 14.3 Å². The third-order valence-corrected chi connectivity index (χ3v) is 6.86. The summed E-state index contributed by atoms with van der Waals surface area (Å²) >= 11 is 0. The number of aromatic nitrogens is 5. The molecule has 0 fully saturated rings. The molecule has 0 bridgehead atoms. The van der Waals surface area contributed by atoms with Crippen LogP contribution in [0.25, 0.3) is 11.5 Å². The summed E-state index contributed by atoms with van der Waals surface area (Å²) in [5.74, 6) is 0.617. The zero-order valence-electron chi connectivity index (χ0n) is 21.2. The van der Waals surface area contributed by atoms with Gasteiger partial charge in [0.15, 0.2) is 5.82 Å². The Morgan fingerprint density at radius 3 is 2.46 bits per heavy atom. The van der Waals surface area contributed by atoms with E-state index in [1.165, 1.54) is 0 Å². The number of hydrogen-bond donors (Lipinski definition) is 0. The second kappa shape index (κ2) is 10.8. The van der Waals surface area contributed by atoms with Crippen molar-refractivity contribution in [1.29, 1.82) is 0 Å². The highest BCUT2D eigenvalue weighted by molar-refractivity contribution is 5.95. The standard InChI is InChI=1S/C28H31N7O2/c1-3-35(22-12-8-5-9-13-22)26(37)15-14-25(36)33-17-16-24-23(19-33)27(31-32(24)2)28-30-29-20-34(28)18-21-10-6-4-7-11-21/h4-13,20H,3,14-19H2,1-2H3. The molecular weight excluding hydrogens is 466 g/mol. The van der Waals surface area contributed by atoms with Gasteiger partial charge in [-0.15, -0.1) is 10.2 Å². The molecule has 37 heavy (non-hydrogen) atoms. The van der Waals surface area contributed by atoms with Crippen LogP contribution in [0.1, 0.15) is 36.6 Å². The van der Waals surface area contributed by atoms with Crippen LogP contribution in [0.3, 0.4) is 0 Å². The number of aryl methyl sites for hydroxylation is 1. The summed E-state index contributed by atoms with van der Waals surface area (Å²) in [5, 5.41) is 13.3. The van der Waals surface area contributed by atoms with E-state index in [2.05, 4.69) is 22.3 Å². The normalized spacial score (nSPS) is 12.9. The molecule has 9 heteroatoms. The van der Waals surface area contributed by atoms with Gasteiger partial charge < -0.3 is 14.4 Å². The second-order valence-electron chi connectivity index (χ2n) is 9.20. The van der Waals surface area contributed by atoms with E-state index < -0.39 is 0 Å². The molecule has 9 nitrogen and oxygen atoms in total. The molecule has 0 saturated heterocycles. The summed E-state index contributed by atoms with van der Waals surface area (Å²) in [6.45, 7) is 4.19. The summed E-state index contributed by atoms with van der Waals surface area (Å²) in [7, 11) is 1.93. The predicted octanol–water partition coefficient (Wildman–Crippen LogP) is 3.44. The fourth-order valence-corrected chi connectivity index (χ4v) is 4.94. The van der Waals surface area contributed by atoms with E-state index in [-0.39, 0.29) is 24.7 Å². The maximum Gasteiger partial charge on any atom is 0.227 e. The Labute approximate surface area is 216 Å². The second-order valence-corrected chi connectivity index (χ2v) is 9.20. The zero-order chi connectivity index (χ0) is 25.8. The molecule has 2 aromatic heterocycles. The lowest BCUT2D eigenvalue weighted by Crippen LogP contribution is -2.37. The van der Waals surface area contributed by atoms with Crippen LogP contribution >= 0.6 is 0 Å². The highest BCUT2D eigenvalue weighted by Gasteiger charge is 2.29. The number of carbonyl (C=O) groups excluding carboxylic acids is 2. The molecule has 4 aromatic rings. The first kappa shape index (κ1) is 24.4. The first-order valence-electron chi connectivity index (χ1n) is 12.6. The minimum absolute atomic E-state index is 0.0244. The fourth-order valence-electron chi connectivity index (χ4n) is 4.94. The SMILES string of the molecule is CCN(C(=O)CCC(=O)N1CCc2c(c(-c3nncn3Cc3ccccc3)nn2C)C1)c1ccccc1. The van der Waals surface area contributed by atoms with Gasteiger partial charge in [-0.25, -0.2) is 0 Å². The quantitative estimate of drug-likeness (QED) is 0.372. The van der Waals surface area contributed by atoms with Crippen molar-refractivity contribution >= 4 is 17.5 Å². The van der Waals surface area contributed by atoms with Gasteiger partial charge in [0.1, 0.15) is 12.0 Å². The molecule has 5 rings (SSSR count). The number of anilines is 1. The van der Waals surface area contributed by atoms with Gasteiger partial charge in [0.2, 0.25) is 11.8 Å². The Balaban J connectivity index is 1.29. The molecule has 1 aliphatic rings. The summed E-state index contributed by atoms with van der Waals surface area (Å²) in [5.41, 5.74) is 4.85. The Morgan fingerprint density at radius 2 is 1.73 bits per heavy atom. The number of para-hydroxylation sites is 1. The van der Waals surface area contributed by atoms with E-state index in [9.17, 15) is 9.59 Å². The lowest BCUT2D eigenvalue weighted by atomic mass is 10.0. The zero-order valence-corrected chi connectivity index (χ0v) is 21.2. The largest absolute Gasteiger partial charge is 0.338 e. The molecule has 190 valence electrons. The van der Waals surface area contributed by atoms with E-state index in [1.807, 2.05) is 76.7 Å². The van der Waals surface area contributed by atoms with Crippen LogP contribution in [0, 0.1) is 0 Å². The van der Waals surface area contributed by atoms with Crippen LogP contribution < -0.4 is 4.90 Å². The van der Waals surface area contributed by atoms with Crippen LogP contribution in [-0.4, -0.2) is 54.3 Å². The van der Waals surface area contributed by atoms with E-state index >= 15 is 0 Å². The summed E-state index contributed by atoms with van der Waals surface area (Å²) in [6, 6.07) is 19.7. The maximum absolute atomic E-state index is 13.2. The van der Waals surface area contributed by atoms with Gasteiger partial charge in [-0.05, 0) is 24.6 Å². The molecule has 2 amide bonds. The van der Waals surface area contributed by atoms with Crippen LogP contribution in [-0.2, 0) is 36.1 Å². The maximum atomic E-state index is 13.2. The van der Waals surface area contributed by atoms with Crippen molar-refractivity contribution in [2.45, 2.75) is 39.3 Å². The van der Waals surface area contributed by atoms with Crippen molar-refractivity contribution in [3.63, 3.8) is 0 Å². The van der Waals surface area contributed by atoms with Crippen molar-refractivity contribution in [3.05, 3.63) is 83.8 Å². The van der Waals surface area contributed by atoms with Gasteiger partial charge in [-0.2, -0.15) is 5.10 Å². The van der Waals surface area contributed by atoms with Crippen LogP contribution in [0.2, 0.25) is 0 Å². The van der Waals surface area contributed by atoms with Gasteiger partial charge in [-0.1, -0.05) is 48.5 Å². The van der Waals surface area contributed by atoms with Gasteiger partial charge in [0.25, 0.3) is 0 Å². The average molecular weight is 498 g/mol. The minimum atomic E-state index is -0.0455. The Morgan fingerprint density at radius 1 is 1.00 bits per heavy atom. The van der Waals surface area contributed by atoms with Crippen LogP contribution in [0.15, 0.2) is 67.0 Å². The van der Waals surface area contributed by atoms with Crippen LogP contribution in [0.4, 0.5) is 5.69 Å². The van der Waals surface area contributed by atoms with E-state index in [0.717, 1.165) is 28.2 Å². The summed E-state index contributed by atoms with van der Waals surface area (Å²) in [6.07, 6.45) is 2.77. The van der Waals surface area contributed by atoms with Crippen molar-refractivity contribution < 1.29 is 9.59 Å². The summed E-state index contributed by atoms with van der Waals surface area (Å²) in [4.78, 5) is 29.6. The highest BCUT2D eigenvalue weighted by atomic mass is 16.2. The molecule has 1 aliphatic heterocycles. The number of benzene rings is 2. The predicted molar refractivity (Wildman–Crippen MR) is 141 cm³/mol. The lowest BCUT2D eigenvalue weighted by molar-refractivity contribution is -0.134. The van der Waals surface area contributed by atoms with E-state index in [1.54, 1.807) is 11.2 Å². The van der Waals surface area contributed by atoms with Crippen molar-refractivity contribution in [1.82, 2.24) is 29.4 Å². The summed E-state index contributed by atoms with van der Waals surface area (Å²) < 4.78 is 3.87. The van der Waals surface area contributed by atoms with Gasteiger partial charge in [0, 0.05) is 62.9 Å². The van der Waals surface area contributed by atoms with E-state index in [0.29, 0.717) is 38.4 Å². The Bertz CT molecular complexity index is 1380. The first-order valence-corrected chi connectivity index (χ1v) is 12.6. The number of fused-ring (bicyclic) bond motifs is 1. The highest BCUT2D eigenvalue weighted by Crippen LogP contribution is 2.29. The lowest BCUT2D eigenvalue weighted by Gasteiger charge is -2.28. The number of nitrogens with zero attached hydrogens (tertiary/aromatic N) is 7. The molecule has 0 atom stereocenters. The fraction of sp³-hybridized carbons (Fsp3) is 0.321. The van der Waals surface area contributed by atoms with Crippen molar-refractivity contribution in [2.75, 3.05) is 18.0 Å². The monoisotopic (exact) mass is 497 g/mol. The van der Waals surface area contributed by atoms with Crippen molar-refractivity contribution in [3.8, 4) is 11.5 Å². The van der Waals surface area contributed by atoms with E-state index in [4.69, 9.17) is 5.10 Å². The molecule has 3 heterocycles. The molecule has 0 spiro atoms. The minimum Gasteiger partial charge on any atom is -0.338 e. The van der Waals surface area contributed by atoms with Gasteiger partial charge in [0.05, 0.1) is 6.54 Å². The molecule has 0 radical (unpaired) electrons.